The highest BCUT2D eigenvalue weighted by atomic mass is 16.5. The summed E-state index contributed by atoms with van der Waals surface area (Å²) in [5.74, 6) is -0.497. The molecule has 0 aliphatic carbocycles. The summed E-state index contributed by atoms with van der Waals surface area (Å²) < 4.78 is 5.53. The largest absolute Gasteiger partial charge is 0.481 e. The van der Waals surface area contributed by atoms with Crippen LogP contribution in [0.4, 0.5) is 0 Å². The number of amides is 1. The van der Waals surface area contributed by atoms with Gasteiger partial charge in [0.1, 0.15) is 5.69 Å². The maximum absolute atomic E-state index is 12.2. The number of aliphatic carboxylic acids is 1. The van der Waals surface area contributed by atoms with Gasteiger partial charge in [-0.2, -0.15) is 0 Å². The number of nitrogens with zero attached hydrogens (tertiary/aromatic N) is 3. The molecular weight excluding hydrogens is 348 g/mol. The van der Waals surface area contributed by atoms with Crippen LogP contribution >= 0.6 is 0 Å². The van der Waals surface area contributed by atoms with Crippen LogP contribution in [0.1, 0.15) is 24.3 Å². The van der Waals surface area contributed by atoms with Crippen molar-refractivity contribution in [3.05, 3.63) is 42.2 Å². The number of carbonyl (C=O) groups is 2. The highest BCUT2D eigenvalue weighted by Crippen LogP contribution is 2.26. The van der Waals surface area contributed by atoms with E-state index in [9.17, 15) is 4.79 Å². The maximum Gasteiger partial charge on any atom is 0.300 e. The van der Waals surface area contributed by atoms with E-state index in [1.165, 1.54) is 0 Å². The normalized spacial score (nSPS) is 9.96. The number of carboxylic acid groups (broad SMARTS) is 1. The molecule has 2 N–H and O–H groups in total. The molecular formula is C19H26N4O4. The molecule has 0 bridgehead atoms. The van der Waals surface area contributed by atoms with Gasteiger partial charge in [0, 0.05) is 26.2 Å². The smallest absolute Gasteiger partial charge is 0.300 e. The summed E-state index contributed by atoms with van der Waals surface area (Å²) in [6.07, 6.45) is 1.67. The fraction of sp³-hybridized carbons (Fsp3) is 0.368. The van der Waals surface area contributed by atoms with Gasteiger partial charge in [-0.25, -0.2) is 9.97 Å². The van der Waals surface area contributed by atoms with E-state index in [-0.39, 0.29) is 5.91 Å². The van der Waals surface area contributed by atoms with Crippen molar-refractivity contribution in [2.45, 2.75) is 13.8 Å². The van der Waals surface area contributed by atoms with E-state index in [1.807, 2.05) is 50.2 Å². The number of likely N-dealkylation sites (N-methyl/N-ethyl adjacent to an activating group) is 1. The number of hydrogen-bond acceptors (Lipinski definition) is 6. The molecule has 0 unspecified atom stereocenters. The van der Waals surface area contributed by atoms with E-state index in [4.69, 9.17) is 14.6 Å². The lowest BCUT2D eigenvalue weighted by atomic mass is 10.1. The van der Waals surface area contributed by atoms with Crippen molar-refractivity contribution in [1.82, 2.24) is 20.2 Å². The summed E-state index contributed by atoms with van der Waals surface area (Å²) in [5, 5.41) is 10.3. The van der Waals surface area contributed by atoms with Gasteiger partial charge in [0.2, 0.25) is 5.88 Å². The molecule has 8 nitrogen and oxygen atoms in total. The third-order valence-corrected chi connectivity index (χ3v) is 3.15. The first-order valence-corrected chi connectivity index (χ1v) is 8.52. The van der Waals surface area contributed by atoms with Gasteiger partial charge < -0.3 is 20.1 Å². The first-order chi connectivity index (χ1) is 12.8. The van der Waals surface area contributed by atoms with Crippen LogP contribution in [-0.2, 0) is 4.79 Å². The van der Waals surface area contributed by atoms with Gasteiger partial charge in [-0.3, -0.25) is 9.59 Å². The van der Waals surface area contributed by atoms with E-state index in [2.05, 4.69) is 15.3 Å². The van der Waals surface area contributed by atoms with Gasteiger partial charge in [0.25, 0.3) is 11.9 Å². The van der Waals surface area contributed by atoms with Crippen molar-refractivity contribution < 1.29 is 19.4 Å². The van der Waals surface area contributed by atoms with E-state index >= 15 is 0 Å². The van der Waals surface area contributed by atoms with Gasteiger partial charge in [-0.1, -0.05) is 6.07 Å². The quantitative estimate of drug-likeness (QED) is 0.763. The van der Waals surface area contributed by atoms with Gasteiger partial charge in [-0.05, 0) is 45.3 Å². The Morgan fingerprint density at radius 2 is 1.93 bits per heavy atom. The number of carboxylic acids is 1. The molecule has 8 heteroatoms. The molecule has 1 amide bonds. The average Bonchev–Trinajstić information content (AvgIpc) is 2.62. The SMILES string of the molecule is CC(=O)O.CCOc1ncccc1-c1cccc(C(=O)NCCN(C)C)n1. The predicted octanol–water partition coefficient (Wildman–Crippen LogP) is 1.92. The molecule has 0 radical (unpaired) electrons. The summed E-state index contributed by atoms with van der Waals surface area (Å²) in [6, 6.07) is 9.06. The summed E-state index contributed by atoms with van der Waals surface area (Å²) >= 11 is 0. The van der Waals surface area contributed by atoms with E-state index in [0.717, 1.165) is 19.0 Å². The Labute approximate surface area is 159 Å². The Balaban J connectivity index is 0.000000828. The number of carbonyl (C=O) groups excluding carboxylic acids is 1. The second-order valence-corrected chi connectivity index (χ2v) is 5.78. The fourth-order valence-electron chi connectivity index (χ4n) is 2.03. The van der Waals surface area contributed by atoms with Crippen LogP contribution < -0.4 is 10.1 Å². The summed E-state index contributed by atoms with van der Waals surface area (Å²) in [5.41, 5.74) is 1.83. The van der Waals surface area contributed by atoms with Crippen molar-refractivity contribution in [3.63, 3.8) is 0 Å². The minimum Gasteiger partial charge on any atom is -0.481 e. The zero-order valence-electron chi connectivity index (χ0n) is 16.1. The Hall–Kier alpha value is -3.00. The number of hydrogen-bond donors (Lipinski definition) is 2. The van der Waals surface area contributed by atoms with Crippen LogP contribution in [-0.4, -0.2) is 65.6 Å². The molecule has 2 rings (SSSR count). The average molecular weight is 374 g/mol. The number of pyridine rings is 2. The topological polar surface area (TPSA) is 105 Å². The maximum atomic E-state index is 12.2. The number of ether oxygens (including phenoxy) is 1. The van der Waals surface area contributed by atoms with Crippen molar-refractivity contribution in [1.29, 1.82) is 0 Å². The minimum absolute atomic E-state index is 0.185. The molecule has 146 valence electrons. The zero-order valence-corrected chi connectivity index (χ0v) is 16.1. The molecule has 0 atom stereocenters. The lowest BCUT2D eigenvalue weighted by Gasteiger charge is -2.11. The van der Waals surface area contributed by atoms with Crippen LogP contribution in [0.15, 0.2) is 36.5 Å². The van der Waals surface area contributed by atoms with Crippen molar-refractivity contribution >= 4 is 11.9 Å². The van der Waals surface area contributed by atoms with Gasteiger partial charge >= 0.3 is 0 Å². The van der Waals surface area contributed by atoms with E-state index in [1.54, 1.807) is 12.3 Å². The first kappa shape index (κ1) is 22.0. The van der Waals surface area contributed by atoms with Gasteiger partial charge in [0.05, 0.1) is 17.9 Å². The highest BCUT2D eigenvalue weighted by Gasteiger charge is 2.12. The Bertz CT molecular complexity index is 746. The molecule has 0 fully saturated rings. The molecule has 0 saturated heterocycles. The third kappa shape index (κ3) is 8.28. The lowest BCUT2D eigenvalue weighted by Crippen LogP contribution is -2.31. The standard InChI is InChI=1S/C17H22N4O2.C2H4O2/c1-4-23-17-13(7-6-10-19-17)14-8-5-9-15(20-14)16(22)18-11-12-21(2)3;1-2(3)4/h5-10H,4,11-12H2,1-3H3,(H,18,22);1H3,(H,3,4). The lowest BCUT2D eigenvalue weighted by molar-refractivity contribution is -0.134. The molecule has 0 aromatic carbocycles. The van der Waals surface area contributed by atoms with Crippen molar-refractivity contribution in [2.24, 2.45) is 0 Å². The summed E-state index contributed by atoms with van der Waals surface area (Å²) in [7, 11) is 3.92. The molecule has 0 aliphatic rings. The summed E-state index contributed by atoms with van der Waals surface area (Å²) in [6.45, 7) is 4.87. The van der Waals surface area contributed by atoms with Crippen molar-refractivity contribution in [3.8, 4) is 17.1 Å². The van der Waals surface area contributed by atoms with Crippen molar-refractivity contribution in [2.75, 3.05) is 33.8 Å². The monoisotopic (exact) mass is 374 g/mol. The Morgan fingerprint density at radius 1 is 1.22 bits per heavy atom. The molecule has 0 saturated carbocycles. The van der Waals surface area contributed by atoms with Gasteiger partial charge in [-0.15, -0.1) is 0 Å². The van der Waals surface area contributed by atoms with Crippen LogP contribution in [0.25, 0.3) is 11.3 Å². The third-order valence-electron chi connectivity index (χ3n) is 3.15. The highest BCUT2D eigenvalue weighted by molar-refractivity contribution is 5.92. The van der Waals surface area contributed by atoms with Gasteiger partial charge in [0.15, 0.2) is 0 Å². The zero-order chi connectivity index (χ0) is 20.2. The molecule has 27 heavy (non-hydrogen) atoms. The predicted molar refractivity (Wildman–Crippen MR) is 103 cm³/mol. The second-order valence-electron chi connectivity index (χ2n) is 5.78. The Morgan fingerprint density at radius 3 is 2.56 bits per heavy atom. The molecule has 2 aromatic heterocycles. The molecule has 2 heterocycles. The van der Waals surface area contributed by atoms with E-state index < -0.39 is 5.97 Å². The van der Waals surface area contributed by atoms with Crippen LogP contribution in [0.2, 0.25) is 0 Å². The number of nitrogens with one attached hydrogen (secondary N) is 1. The fourth-order valence-corrected chi connectivity index (χ4v) is 2.03. The van der Waals surface area contributed by atoms with Crippen LogP contribution in [0.5, 0.6) is 5.88 Å². The molecule has 0 spiro atoms. The Kier molecular flexibility index (Phi) is 9.46. The molecule has 0 aliphatic heterocycles. The molecule has 2 aromatic rings. The van der Waals surface area contributed by atoms with E-state index in [0.29, 0.717) is 30.4 Å². The summed E-state index contributed by atoms with van der Waals surface area (Å²) in [4.78, 5) is 31.8. The van der Waals surface area contributed by atoms with Crippen LogP contribution in [0, 0.1) is 0 Å². The minimum atomic E-state index is -0.833. The van der Waals surface area contributed by atoms with Crippen LogP contribution in [0.3, 0.4) is 0 Å². The first-order valence-electron chi connectivity index (χ1n) is 8.52. The number of aromatic nitrogens is 2. The second kappa shape index (κ2) is 11.6. The number of rotatable bonds is 7.